The molecule has 0 unspecified atom stereocenters. The fourth-order valence-electron chi connectivity index (χ4n) is 5.37. The van der Waals surface area contributed by atoms with E-state index >= 15 is 0 Å². The van der Waals surface area contributed by atoms with Crippen LogP contribution in [0.2, 0.25) is 0 Å². The number of carbonyl (C=O) groups excluding carboxylic acids is 1. The molecule has 1 aliphatic heterocycles. The molecular formula is C30H29N3O3. The van der Waals surface area contributed by atoms with Crippen LogP contribution in [0.3, 0.4) is 0 Å². The van der Waals surface area contributed by atoms with Crippen molar-refractivity contribution < 1.29 is 14.3 Å². The number of ether oxygens (including phenoxy) is 2. The fraction of sp³-hybridized carbons (Fsp3) is 0.267. The number of ketones is 1. The number of hydrogen-bond acceptors (Lipinski definition) is 6. The van der Waals surface area contributed by atoms with Gasteiger partial charge in [-0.1, -0.05) is 36.4 Å². The van der Waals surface area contributed by atoms with Crippen LogP contribution in [0.15, 0.2) is 83.3 Å². The molecule has 3 aromatic carbocycles. The molecule has 6 nitrogen and oxygen atoms in total. The third-order valence-corrected chi connectivity index (χ3v) is 6.82. The average molecular weight is 480 g/mol. The summed E-state index contributed by atoms with van der Waals surface area (Å²) in [5, 5.41) is 12.5. The first-order valence-corrected chi connectivity index (χ1v) is 12.4. The van der Waals surface area contributed by atoms with Gasteiger partial charge < -0.3 is 15.2 Å². The van der Waals surface area contributed by atoms with Crippen molar-refractivity contribution in [2.75, 3.05) is 18.1 Å². The number of hydrogen-bond donors (Lipinski definition) is 1. The van der Waals surface area contributed by atoms with Crippen molar-refractivity contribution in [1.82, 2.24) is 0 Å². The minimum absolute atomic E-state index is 0.0380. The van der Waals surface area contributed by atoms with Gasteiger partial charge in [0.25, 0.3) is 0 Å². The molecule has 182 valence electrons. The number of Topliss-reactive ketones (excluding diaryl/α,β-unsaturated/α-hetero) is 1. The lowest BCUT2D eigenvalue weighted by Crippen LogP contribution is -2.39. The van der Waals surface area contributed by atoms with E-state index in [0.29, 0.717) is 54.5 Å². The molecule has 6 heteroatoms. The SMILES string of the molecule is CCOc1ccc(OCC)c([C@H]2C(C#N)=C(N)N(c3cccc4ccccc34)C3=C2C(=O)CCC3)c1. The van der Waals surface area contributed by atoms with E-state index in [1.165, 1.54) is 0 Å². The molecule has 0 bridgehead atoms. The van der Waals surface area contributed by atoms with Gasteiger partial charge in [-0.15, -0.1) is 0 Å². The molecule has 0 saturated carbocycles. The summed E-state index contributed by atoms with van der Waals surface area (Å²) < 4.78 is 11.7. The third-order valence-electron chi connectivity index (χ3n) is 6.82. The summed E-state index contributed by atoms with van der Waals surface area (Å²) in [6.45, 7) is 4.79. The highest BCUT2D eigenvalue weighted by molar-refractivity contribution is 6.03. The summed E-state index contributed by atoms with van der Waals surface area (Å²) in [6.07, 6.45) is 1.86. The number of carbonyl (C=O) groups is 1. The molecule has 0 amide bonds. The highest BCUT2D eigenvalue weighted by atomic mass is 16.5. The highest BCUT2D eigenvalue weighted by Gasteiger charge is 2.41. The average Bonchev–Trinajstić information content (AvgIpc) is 2.89. The zero-order valence-electron chi connectivity index (χ0n) is 20.6. The lowest BCUT2D eigenvalue weighted by atomic mass is 9.75. The van der Waals surface area contributed by atoms with Crippen molar-refractivity contribution in [3.8, 4) is 17.6 Å². The second kappa shape index (κ2) is 9.79. The van der Waals surface area contributed by atoms with Gasteiger partial charge in [0.15, 0.2) is 5.78 Å². The minimum atomic E-state index is -0.619. The molecule has 0 aromatic heterocycles. The van der Waals surface area contributed by atoms with E-state index < -0.39 is 5.92 Å². The molecular weight excluding hydrogens is 450 g/mol. The van der Waals surface area contributed by atoms with Gasteiger partial charge in [-0.2, -0.15) is 5.26 Å². The Morgan fingerprint density at radius 3 is 2.58 bits per heavy atom. The van der Waals surface area contributed by atoms with E-state index in [1.54, 1.807) is 0 Å². The molecule has 5 rings (SSSR count). The number of rotatable bonds is 6. The molecule has 0 fully saturated rings. The lowest BCUT2D eigenvalue weighted by Gasteiger charge is -2.40. The second-order valence-corrected chi connectivity index (χ2v) is 8.88. The Balaban J connectivity index is 1.79. The first-order chi connectivity index (χ1) is 17.6. The maximum Gasteiger partial charge on any atom is 0.161 e. The Morgan fingerprint density at radius 1 is 1.03 bits per heavy atom. The zero-order valence-corrected chi connectivity index (χ0v) is 20.6. The molecule has 0 radical (unpaired) electrons. The number of benzene rings is 3. The van der Waals surface area contributed by atoms with Crippen LogP contribution < -0.4 is 20.1 Å². The van der Waals surface area contributed by atoms with Crippen molar-refractivity contribution in [1.29, 1.82) is 5.26 Å². The van der Waals surface area contributed by atoms with Gasteiger partial charge in [-0.05, 0) is 56.3 Å². The molecule has 3 aromatic rings. The first kappa shape index (κ1) is 23.5. The Morgan fingerprint density at radius 2 is 1.81 bits per heavy atom. The van der Waals surface area contributed by atoms with E-state index in [-0.39, 0.29) is 5.78 Å². The molecule has 1 heterocycles. The van der Waals surface area contributed by atoms with E-state index in [0.717, 1.165) is 34.1 Å². The molecule has 1 atom stereocenters. The Bertz CT molecular complexity index is 1440. The Hall–Kier alpha value is -4.24. The summed E-state index contributed by atoms with van der Waals surface area (Å²) in [7, 11) is 0. The summed E-state index contributed by atoms with van der Waals surface area (Å²) >= 11 is 0. The number of nitrogens with two attached hydrogens (primary N) is 1. The standard InChI is InChI=1S/C30H29N3O3/c1-3-35-20-15-16-27(36-4-2)22(17-20)28-23(18-31)30(32)33(25-13-8-14-26(34)29(25)28)24-12-7-10-19-9-5-6-11-21(19)24/h5-7,9-12,15-17,28H,3-4,8,13-14,32H2,1-2H3/t28-/m0/s1. The Labute approximate surface area is 211 Å². The molecule has 36 heavy (non-hydrogen) atoms. The fourth-order valence-corrected chi connectivity index (χ4v) is 5.37. The third kappa shape index (κ3) is 3.87. The maximum atomic E-state index is 13.6. The Kier molecular flexibility index (Phi) is 6.39. The number of anilines is 1. The predicted octanol–water partition coefficient (Wildman–Crippen LogP) is 5.94. The van der Waals surface area contributed by atoms with E-state index in [4.69, 9.17) is 15.2 Å². The monoisotopic (exact) mass is 479 g/mol. The van der Waals surface area contributed by atoms with Gasteiger partial charge in [0.05, 0.1) is 36.5 Å². The van der Waals surface area contributed by atoms with Crippen LogP contribution in [-0.4, -0.2) is 19.0 Å². The van der Waals surface area contributed by atoms with Gasteiger partial charge >= 0.3 is 0 Å². The topological polar surface area (TPSA) is 88.6 Å². The van der Waals surface area contributed by atoms with Gasteiger partial charge in [-0.25, -0.2) is 0 Å². The van der Waals surface area contributed by atoms with Gasteiger partial charge in [0.2, 0.25) is 0 Å². The van der Waals surface area contributed by atoms with Crippen LogP contribution in [0.25, 0.3) is 10.8 Å². The number of allylic oxidation sites excluding steroid dienone is 3. The summed E-state index contributed by atoms with van der Waals surface area (Å²) in [5.74, 6) is 1.04. The quantitative estimate of drug-likeness (QED) is 0.471. The minimum Gasteiger partial charge on any atom is -0.494 e. The maximum absolute atomic E-state index is 13.6. The van der Waals surface area contributed by atoms with Crippen LogP contribution in [0.1, 0.15) is 44.6 Å². The summed E-state index contributed by atoms with van der Waals surface area (Å²) in [5.41, 5.74) is 10.2. The molecule has 0 saturated heterocycles. The van der Waals surface area contributed by atoms with Crippen molar-refractivity contribution in [3.05, 3.63) is 88.9 Å². The van der Waals surface area contributed by atoms with Crippen molar-refractivity contribution >= 4 is 22.2 Å². The van der Waals surface area contributed by atoms with Crippen LogP contribution in [-0.2, 0) is 4.79 Å². The van der Waals surface area contributed by atoms with Crippen molar-refractivity contribution in [3.63, 3.8) is 0 Å². The van der Waals surface area contributed by atoms with Gasteiger partial charge in [-0.3, -0.25) is 9.69 Å². The molecule has 2 aliphatic rings. The van der Waals surface area contributed by atoms with Crippen molar-refractivity contribution in [2.45, 2.75) is 39.0 Å². The van der Waals surface area contributed by atoms with Gasteiger partial charge in [0, 0.05) is 28.6 Å². The van der Waals surface area contributed by atoms with Crippen LogP contribution in [0.4, 0.5) is 5.69 Å². The first-order valence-electron chi connectivity index (χ1n) is 12.4. The van der Waals surface area contributed by atoms with E-state index in [1.807, 2.05) is 79.4 Å². The smallest absolute Gasteiger partial charge is 0.161 e. The number of fused-ring (bicyclic) bond motifs is 1. The van der Waals surface area contributed by atoms with Crippen molar-refractivity contribution in [2.24, 2.45) is 5.73 Å². The predicted molar refractivity (Wildman–Crippen MR) is 141 cm³/mol. The normalized spacial score (nSPS) is 17.8. The molecule has 0 spiro atoms. The van der Waals surface area contributed by atoms with E-state index in [2.05, 4.69) is 6.07 Å². The highest BCUT2D eigenvalue weighted by Crippen LogP contribution is 2.49. The zero-order chi connectivity index (χ0) is 25.2. The lowest BCUT2D eigenvalue weighted by molar-refractivity contribution is -0.116. The number of nitriles is 1. The number of nitrogens with zero attached hydrogens (tertiary/aromatic N) is 2. The van der Waals surface area contributed by atoms with Crippen LogP contribution >= 0.6 is 0 Å². The largest absolute Gasteiger partial charge is 0.494 e. The van der Waals surface area contributed by atoms with Crippen LogP contribution in [0, 0.1) is 11.3 Å². The molecule has 2 N–H and O–H groups in total. The van der Waals surface area contributed by atoms with E-state index in [9.17, 15) is 10.1 Å². The second-order valence-electron chi connectivity index (χ2n) is 8.88. The molecule has 1 aliphatic carbocycles. The van der Waals surface area contributed by atoms with Gasteiger partial charge in [0.1, 0.15) is 17.3 Å². The summed E-state index contributed by atoms with van der Waals surface area (Å²) in [6, 6.07) is 22.0. The van der Waals surface area contributed by atoms with Crippen LogP contribution in [0.5, 0.6) is 11.5 Å². The summed E-state index contributed by atoms with van der Waals surface area (Å²) in [4.78, 5) is 15.5.